The van der Waals surface area contributed by atoms with E-state index in [9.17, 15) is 14.4 Å². The number of carbonyl (C=O) groups is 2. The van der Waals surface area contributed by atoms with Gasteiger partial charge in [-0.2, -0.15) is 5.10 Å². The van der Waals surface area contributed by atoms with Crippen LogP contribution in [0, 0.1) is 0 Å². The van der Waals surface area contributed by atoms with E-state index < -0.39 is 5.97 Å². The second-order valence-electron chi connectivity index (χ2n) is 5.95. The van der Waals surface area contributed by atoms with Crippen molar-refractivity contribution in [2.45, 2.75) is 19.4 Å². The molecule has 1 N–H and O–H groups in total. The molecule has 28 heavy (non-hydrogen) atoms. The summed E-state index contributed by atoms with van der Waals surface area (Å²) in [6, 6.07) is 13.1. The second-order valence-corrected chi connectivity index (χ2v) is 5.95. The predicted octanol–water partition coefficient (Wildman–Crippen LogP) is 2.71. The lowest BCUT2D eigenvalue weighted by molar-refractivity contribution is -0.116. The molecule has 0 unspecified atom stereocenters. The maximum Gasteiger partial charge on any atom is 0.339 e. The van der Waals surface area contributed by atoms with Gasteiger partial charge in [-0.15, -0.1) is 0 Å². The number of aryl methyl sites for hydroxylation is 1. The van der Waals surface area contributed by atoms with Crippen molar-refractivity contribution in [2.75, 3.05) is 12.4 Å². The monoisotopic (exact) mass is 381 g/mol. The molecule has 2 heterocycles. The number of hydrogen-bond acceptors (Lipinski definition) is 6. The van der Waals surface area contributed by atoms with E-state index in [4.69, 9.17) is 9.15 Å². The zero-order valence-corrected chi connectivity index (χ0v) is 15.3. The Labute approximate surface area is 160 Å². The minimum absolute atomic E-state index is 0.161. The number of amides is 1. The topological polar surface area (TPSA) is 103 Å². The van der Waals surface area contributed by atoms with Gasteiger partial charge in [0.25, 0.3) is 5.56 Å². The number of nitrogens with zero attached hydrogens (tertiary/aromatic N) is 2. The summed E-state index contributed by atoms with van der Waals surface area (Å²) in [4.78, 5) is 36.0. The number of aromatic nitrogens is 2. The van der Waals surface area contributed by atoms with Crippen molar-refractivity contribution in [1.82, 2.24) is 9.78 Å². The number of rotatable bonds is 7. The molecule has 8 heteroatoms. The lowest BCUT2D eigenvalue weighted by Crippen LogP contribution is -2.23. The van der Waals surface area contributed by atoms with Gasteiger partial charge in [0.05, 0.1) is 24.6 Å². The molecule has 8 nitrogen and oxygen atoms in total. The van der Waals surface area contributed by atoms with E-state index in [1.54, 1.807) is 42.5 Å². The number of para-hydroxylation sites is 1. The molecule has 0 saturated carbocycles. The van der Waals surface area contributed by atoms with Crippen molar-refractivity contribution in [3.8, 4) is 11.5 Å². The van der Waals surface area contributed by atoms with Crippen LogP contribution in [0.5, 0.6) is 0 Å². The average molecular weight is 381 g/mol. The lowest BCUT2D eigenvalue weighted by Gasteiger charge is -2.10. The number of methoxy groups -OCH3 is 1. The van der Waals surface area contributed by atoms with E-state index in [2.05, 4.69) is 10.4 Å². The first-order chi connectivity index (χ1) is 13.6. The molecule has 0 radical (unpaired) electrons. The molecule has 1 aromatic carbocycles. The molecule has 0 bridgehead atoms. The van der Waals surface area contributed by atoms with Crippen molar-refractivity contribution in [2.24, 2.45) is 0 Å². The number of benzene rings is 1. The zero-order chi connectivity index (χ0) is 19.9. The van der Waals surface area contributed by atoms with E-state index in [0.717, 1.165) is 0 Å². The van der Waals surface area contributed by atoms with Crippen LogP contribution in [0.1, 0.15) is 23.2 Å². The van der Waals surface area contributed by atoms with Crippen LogP contribution < -0.4 is 10.9 Å². The Kier molecular flexibility index (Phi) is 6.01. The van der Waals surface area contributed by atoms with E-state index in [-0.39, 0.29) is 30.0 Å². The van der Waals surface area contributed by atoms with Gasteiger partial charge in [0.2, 0.25) is 5.91 Å². The van der Waals surface area contributed by atoms with E-state index in [1.807, 2.05) is 0 Å². The quantitative estimate of drug-likeness (QED) is 0.631. The Morgan fingerprint density at radius 1 is 1.14 bits per heavy atom. The number of anilines is 1. The highest BCUT2D eigenvalue weighted by Crippen LogP contribution is 2.17. The number of hydrogen-bond donors (Lipinski definition) is 1. The second kappa shape index (κ2) is 8.81. The highest BCUT2D eigenvalue weighted by atomic mass is 16.5. The molecule has 0 saturated heterocycles. The molecule has 0 aliphatic heterocycles. The van der Waals surface area contributed by atoms with Gasteiger partial charge in [0.1, 0.15) is 5.69 Å². The van der Waals surface area contributed by atoms with Crippen molar-refractivity contribution < 1.29 is 18.7 Å². The van der Waals surface area contributed by atoms with Crippen LogP contribution in [-0.4, -0.2) is 28.8 Å². The molecule has 3 rings (SSSR count). The smallest absolute Gasteiger partial charge is 0.339 e. The normalized spacial score (nSPS) is 10.5. The number of esters is 1. The van der Waals surface area contributed by atoms with E-state index in [0.29, 0.717) is 23.6 Å². The lowest BCUT2D eigenvalue weighted by atomic mass is 10.1. The van der Waals surface area contributed by atoms with E-state index in [1.165, 1.54) is 24.1 Å². The van der Waals surface area contributed by atoms with Gasteiger partial charge in [-0.3, -0.25) is 9.59 Å². The first kappa shape index (κ1) is 19.1. The fourth-order valence-electron chi connectivity index (χ4n) is 2.65. The van der Waals surface area contributed by atoms with Crippen LogP contribution in [0.15, 0.2) is 64.0 Å². The molecule has 0 fully saturated rings. The Hall–Kier alpha value is -3.68. The molecule has 0 aliphatic carbocycles. The predicted molar refractivity (Wildman–Crippen MR) is 102 cm³/mol. The third kappa shape index (κ3) is 4.53. The Balaban J connectivity index is 1.60. The Morgan fingerprint density at radius 3 is 2.71 bits per heavy atom. The largest absolute Gasteiger partial charge is 0.465 e. The Morgan fingerprint density at radius 2 is 1.96 bits per heavy atom. The van der Waals surface area contributed by atoms with Crippen molar-refractivity contribution in [1.29, 1.82) is 0 Å². The summed E-state index contributed by atoms with van der Waals surface area (Å²) in [5.41, 5.74) is 0.949. The van der Waals surface area contributed by atoms with Gasteiger partial charge in [0, 0.05) is 19.0 Å². The van der Waals surface area contributed by atoms with Gasteiger partial charge in [-0.1, -0.05) is 12.1 Å². The summed E-state index contributed by atoms with van der Waals surface area (Å²) in [6.07, 6.45) is 2.10. The Bertz CT molecular complexity index is 1020. The summed E-state index contributed by atoms with van der Waals surface area (Å²) in [5.74, 6) is -0.237. The number of furan rings is 1. The van der Waals surface area contributed by atoms with E-state index >= 15 is 0 Å². The number of carbonyl (C=O) groups excluding carboxylic acids is 2. The standard InChI is InChI=1S/C20H19N3O5/c1-27-20(26)14-6-2-3-7-15(14)21-18(24)9-4-12-23-19(25)11-10-16(22-23)17-8-5-13-28-17/h2-3,5-8,10-11,13H,4,9,12H2,1H3,(H,21,24). The fourth-order valence-corrected chi connectivity index (χ4v) is 2.65. The number of nitrogens with one attached hydrogen (secondary N) is 1. The maximum absolute atomic E-state index is 12.2. The van der Waals surface area contributed by atoms with Gasteiger partial charge < -0.3 is 14.5 Å². The average Bonchev–Trinajstić information content (AvgIpc) is 3.24. The molecule has 1 amide bonds. The molecule has 0 atom stereocenters. The van der Waals surface area contributed by atoms with Gasteiger partial charge in [-0.25, -0.2) is 9.48 Å². The summed E-state index contributed by atoms with van der Waals surface area (Å²) in [7, 11) is 1.28. The minimum atomic E-state index is -0.526. The molecular formula is C20H19N3O5. The van der Waals surface area contributed by atoms with Gasteiger partial charge in [-0.05, 0) is 36.8 Å². The first-order valence-corrected chi connectivity index (χ1v) is 8.67. The van der Waals surface area contributed by atoms with Crippen LogP contribution in [0.25, 0.3) is 11.5 Å². The molecule has 2 aromatic heterocycles. The maximum atomic E-state index is 12.2. The first-order valence-electron chi connectivity index (χ1n) is 8.67. The van der Waals surface area contributed by atoms with Gasteiger partial charge in [0.15, 0.2) is 5.76 Å². The van der Waals surface area contributed by atoms with Crippen molar-refractivity contribution in [3.63, 3.8) is 0 Å². The summed E-state index contributed by atoms with van der Waals surface area (Å²) < 4.78 is 11.3. The van der Waals surface area contributed by atoms with Crippen LogP contribution in [0.2, 0.25) is 0 Å². The SMILES string of the molecule is COC(=O)c1ccccc1NC(=O)CCCn1nc(-c2ccco2)ccc1=O. The number of ether oxygens (including phenoxy) is 1. The molecule has 144 valence electrons. The highest BCUT2D eigenvalue weighted by molar-refractivity contribution is 6.01. The fraction of sp³-hybridized carbons (Fsp3) is 0.200. The van der Waals surface area contributed by atoms with Crippen LogP contribution in [-0.2, 0) is 16.1 Å². The molecule has 0 aliphatic rings. The van der Waals surface area contributed by atoms with Crippen LogP contribution >= 0.6 is 0 Å². The summed E-state index contributed by atoms with van der Waals surface area (Å²) in [5, 5.41) is 6.96. The van der Waals surface area contributed by atoms with Gasteiger partial charge >= 0.3 is 5.97 Å². The molecule has 3 aromatic rings. The molecular weight excluding hydrogens is 362 g/mol. The summed E-state index contributed by atoms with van der Waals surface area (Å²) >= 11 is 0. The third-order valence-electron chi connectivity index (χ3n) is 4.02. The summed E-state index contributed by atoms with van der Waals surface area (Å²) in [6.45, 7) is 0.277. The minimum Gasteiger partial charge on any atom is -0.465 e. The van der Waals surface area contributed by atoms with Crippen molar-refractivity contribution >= 4 is 17.6 Å². The third-order valence-corrected chi connectivity index (χ3v) is 4.02. The highest BCUT2D eigenvalue weighted by Gasteiger charge is 2.13. The molecule has 0 spiro atoms. The zero-order valence-electron chi connectivity index (χ0n) is 15.3. The van der Waals surface area contributed by atoms with Crippen molar-refractivity contribution in [3.05, 3.63) is 70.7 Å². The van der Waals surface area contributed by atoms with Crippen LogP contribution in [0.4, 0.5) is 5.69 Å². The van der Waals surface area contributed by atoms with Crippen LogP contribution in [0.3, 0.4) is 0 Å².